The number of urea groups is 1. The number of fused-ring (bicyclic) bond motifs is 1. The number of ketones is 1. The van der Waals surface area contributed by atoms with Crippen molar-refractivity contribution in [1.82, 2.24) is 10.2 Å². The fourth-order valence-corrected chi connectivity index (χ4v) is 5.27. The maximum Gasteiger partial charge on any atom is 0.326 e. The largest absolute Gasteiger partial charge is 0.486 e. The van der Waals surface area contributed by atoms with Gasteiger partial charge in [0.25, 0.3) is 5.91 Å². The molecule has 0 aromatic heterocycles. The second-order valence-electron chi connectivity index (χ2n) is 9.70. The number of Topliss-reactive ketones (excluding diaryl/α,β-unsaturated/α-hetero) is 1. The van der Waals surface area contributed by atoms with Gasteiger partial charge in [0.15, 0.2) is 23.9 Å². The summed E-state index contributed by atoms with van der Waals surface area (Å²) in [5.74, 6) is -0.373. The molecule has 1 saturated carbocycles. The molecule has 32 heavy (non-hydrogen) atoms. The van der Waals surface area contributed by atoms with Crippen LogP contribution in [0.4, 0.5) is 4.79 Å². The Balaban J connectivity index is 1.35. The maximum absolute atomic E-state index is 13.1. The standard InChI is InChI=1S/C23H28N2O7/c1-14-9-22(2,3)13-23(10-14)20(28)25(21(29)24-23)11-19(27)32-12-16(26)15-4-5-17-18(8-15)31-7-6-30-17/h4-5,8,14H,6-7,9-13H2,1-3H3,(H,24,29)/t14-,23-/m0/s1. The van der Waals surface area contributed by atoms with Crippen LogP contribution < -0.4 is 14.8 Å². The van der Waals surface area contributed by atoms with Gasteiger partial charge in [-0.15, -0.1) is 0 Å². The van der Waals surface area contributed by atoms with Crippen LogP contribution >= 0.6 is 0 Å². The number of carbonyl (C=O) groups excluding carboxylic acids is 4. The van der Waals surface area contributed by atoms with Crippen molar-refractivity contribution in [3.63, 3.8) is 0 Å². The lowest BCUT2D eigenvalue weighted by Crippen LogP contribution is -2.54. The normalized spacial score (nSPS) is 26.1. The van der Waals surface area contributed by atoms with E-state index >= 15 is 0 Å². The van der Waals surface area contributed by atoms with Gasteiger partial charge in [0.05, 0.1) is 0 Å². The zero-order valence-corrected chi connectivity index (χ0v) is 18.6. The number of esters is 1. The molecule has 1 saturated heterocycles. The molecule has 0 bridgehead atoms. The van der Waals surface area contributed by atoms with Gasteiger partial charge in [-0.3, -0.25) is 19.3 Å². The van der Waals surface area contributed by atoms with Crippen molar-refractivity contribution in [2.24, 2.45) is 11.3 Å². The van der Waals surface area contributed by atoms with Crippen LogP contribution in [0.15, 0.2) is 18.2 Å². The van der Waals surface area contributed by atoms with E-state index in [0.29, 0.717) is 43.1 Å². The first-order chi connectivity index (χ1) is 15.1. The smallest absolute Gasteiger partial charge is 0.326 e. The second-order valence-corrected chi connectivity index (χ2v) is 9.70. The summed E-state index contributed by atoms with van der Waals surface area (Å²) >= 11 is 0. The Hall–Kier alpha value is -3.10. The van der Waals surface area contributed by atoms with Crippen molar-refractivity contribution in [2.75, 3.05) is 26.4 Å². The van der Waals surface area contributed by atoms with Gasteiger partial charge in [-0.1, -0.05) is 20.8 Å². The third-order valence-corrected chi connectivity index (χ3v) is 6.14. The molecule has 3 aliphatic rings. The van der Waals surface area contributed by atoms with Crippen LogP contribution in [0.5, 0.6) is 11.5 Å². The number of benzene rings is 1. The number of hydrogen-bond donors (Lipinski definition) is 1. The Morgan fingerprint density at radius 1 is 1.16 bits per heavy atom. The fraction of sp³-hybridized carbons (Fsp3) is 0.565. The average molecular weight is 444 g/mol. The highest BCUT2D eigenvalue weighted by Crippen LogP contribution is 2.46. The number of carbonyl (C=O) groups is 4. The van der Waals surface area contributed by atoms with E-state index in [1.807, 2.05) is 0 Å². The summed E-state index contributed by atoms with van der Waals surface area (Å²) in [5.41, 5.74) is -0.776. The highest BCUT2D eigenvalue weighted by Gasteiger charge is 2.56. The summed E-state index contributed by atoms with van der Waals surface area (Å²) in [6.45, 7) is 6.01. The van der Waals surface area contributed by atoms with Crippen LogP contribution in [0.2, 0.25) is 0 Å². The third-order valence-electron chi connectivity index (χ3n) is 6.14. The van der Waals surface area contributed by atoms with Crippen molar-refractivity contribution >= 4 is 23.7 Å². The minimum atomic E-state index is -0.987. The number of nitrogens with one attached hydrogen (secondary N) is 1. The molecule has 1 aromatic carbocycles. The predicted molar refractivity (Wildman–Crippen MR) is 112 cm³/mol. The van der Waals surface area contributed by atoms with E-state index in [1.165, 1.54) is 6.07 Å². The first-order valence-corrected chi connectivity index (χ1v) is 10.8. The number of hydrogen-bond acceptors (Lipinski definition) is 7. The molecule has 1 N–H and O–H groups in total. The number of rotatable bonds is 5. The van der Waals surface area contributed by atoms with Crippen molar-refractivity contribution in [3.05, 3.63) is 23.8 Å². The molecule has 2 fully saturated rings. The van der Waals surface area contributed by atoms with E-state index in [4.69, 9.17) is 14.2 Å². The highest BCUT2D eigenvalue weighted by molar-refractivity contribution is 6.09. The summed E-state index contributed by atoms with van der Waals surface area (Å²) < 4.78 is 15.9. The van der Waals surface area contributed by atoms with Gasteiger partial charge in [-0.25, -0.2) is 4.79 Å². The molecule has 1 aromatic rings. The molecule has 2 heterocycles. The summed E-state index contributed by atoms with van der Waals surface area (Å²) in [7, 11) is 0. The molecular formula is C23H28N2O7. The lowest BCUT2D eigenvalue weighted by Gasteiger charge is -2.43. The maximum atomic E-state index is 13.1. The quantitative estimate of drug-likeness (QED) is 0.421. The van der Waals surface area contributed by atoms with E-state index in [0.717, 1.165) is 11.3 Å². The molecule has 1 aliphatic carbocycles. The van der Waals surface area contributed by atoms with Crippen molar-refractivity contribution in [2.45, 2.75) is 45.6 Å². The fourth-order valence-electron chi connectivity index (χ4n) is 5.27. The lowest BCUT2D eigenvalue weighted by atomic mass is 9.64. The van der Waals surface area contributed by atoms with E-state index in [2.05, 4.69) is 26.1 Å². The Labute approximate surface area is 186 Å². The highest BCUT2D eigenvalue weighted by atomic mass is 16.6. The Kier molecular flexibility index (Phi) is 5.60. The molecule has 0 radical (unpaired) electrons. The summed E-state index contributed by atoms with van der Waals surface area (Å²) in [6, 6.07) is 4.13. The minimum absolute atomic E-state index is 0.104. The van der Waals surface area contributed by atoms with Crippen LogP contribution in [-0.4, -0.2) is 60.5 Å². The molecule has 9 nitrogen and oxygen atoms in total. The predicted octanol–water partition coefficient (Wildman–Crippen LogP) is 2.32. The van der Waals surface area contributed by atoms with Crippen LogP contribution in [0.3, 0.4) is 0 Å². The molecule has 0 unspecified atom stereocenters. The Morgan fingerprint density at radius 2 is 1.88 bits per heavy atom. The van der Waals surface area contributed by atoms with E-state index in [9.17, 15) is 19.2 Å². The first-order valence-electron chi connectivity index (χ1n) is 10.8. The number of imide groups is 1. The Bertz CT molecular complexity index is 973. The van der Waals surface area contributed by atoms with Gasteiger partial charge in [-0.2, -0.15) is 0 Å². The minimum Gasteiger partial charge on any atom is -0.486 e. The molecule has 1 spiro atoms. The SMILES string of the molecule is C[C@H]1CC(C)(C)C[C@]2(C1)NC(=O)N(CC(=O)OCC(=O)c1ccc3c(c1)OCCO3)C2=O. The zero-order chi connectivity index (χ0) is 23.1. The first kappa shape index (κ1) is 22.1. The van der Waals surface area contributed by atoms with Crippen LogP contribution in [0, 0.1) is 11.3 Å². The third kappa shape index (κ3) is 4.28. The molecule has 9 heteroatoms. The van der Waals surface area contributed by atoms with E-state index in [1.54, 1.807) is 12.1 Å². The van der Waals surface area contributed by atoms with Crippen LogP contribution in [0.1, 0.15) is 50.4 Å². The topological polar surface area (TPSA) is 111 Å². The Morgan fingerprint density at radius 3 is 2.59 bits per heavy atom. The lowest BCUT2D eigenvalue weighted by molar-refractivity contribution is -0.147. The average Bonchev–Trinajstić information content (AvgIpc) is 2.93. The van der Waals surface area contributed by atoms with Crippen LogP contribution in [0.25, 0.3) is 0 Å². The second kappa shape index (κ2) is 8.11. The van der Waals surface area contributed by atoms with Crippen molar-refractivity contribution in [1.29, 1.82) is 0 Å². The molecule has 3 amide bonds. The number of amides is 3. The molecular weight excluding hydrogens is 416 g/mol. The number of ether oxygens (including phenoxy) is 3. The molecule has 2 atom stereocenters. The monoisotopic (exact) mass is 444 g/mol. The number of nitrogens with zero attached hydrogens (tertiary/aromatic N) is 1. The van der Waals surface area contributed by atoms with Gasteiger partial charge < -0.3 is 19.5 Å². The molecule has 172 valence electrons. The molecule has 2 aliphatic heterocycles. The van der Waals surface area contributed by atoms with Crippen LogP contribution in [-0.2, 0) is 14.3 Å². The van der Waals surface area contributed by atoms with Crippen molar-refractivity contribution < 1.29 is 33.4 Å². The van der Waals surface area contributed by atoms with Gasteiger partial charge in [0.2, 0.25) is 0 Å². The van der Waals surface area contributed by atoms with Gasteiger partial charge >= 0.3 is 12.0 Å². The van der Waals surface area contributed by atoms with Gasteiger partial charge in [-0.05, 0) is 48.8 Å². The van der Waals surface area contributed by atoms with Gasteiger partial charge in [0, 0.05) is 5.56 Å². The van der Waals surface area contributed by atoms with E-state index < -0.39 is 42.4 Å². The van der Waals surface area contributed by atoms with E-state index in [-0.39, 0.29) is 11.3 Å². The summed E-state index contributed by atoms with van der Waals surface area (Å²) in [6.07, 6.45) is 2.01. The summed E-state index contributed by atoms with van der Waals surface area (Å²) in [5, 5.41) is 2.82. The zero-order valence-electron chi connectivity index (χ0n) is 18.6. The summed E-state index contributed by atoms with van der Waals surface area (Å²) in [4.78, 5) is 51.2. The molecule has 4 rings (SSSR count). The van der Waals surface area contributed by atoms with Gasteiger partial charge in [0.1, 0.15) is 25.3 Å². The van der Waals surface area contributed by atoms with Crippen molar-refractivity contribution in [3.8, 4) is 11.5 Å².